The van der Waals surface area contributed by atoms with E-state index in [0.717, 1.165) is 21.7 Å². The van der Waals surface area contributed by atoms with Crippen molar-refractivity contribution in [3.63, 3.8) is 0 Å². The Morgan fingerprint density at radius 3 is 2.30 bits per heavy atom. The molecule has 1 aliphatic rings. The highest BCUT2D eigenvalue weighted by molar-refractivity contribution is 5.93. The van der Waals surface area contributed by atoms with Gasteiger partial charge in [-0.1, -0.05) is 18.2 Å². The third-order valence-electron chi connectivity index (χ3n) is 4.36. The first kappa shape index (κ1) is 18.6. The molecular weight excluding hydrogens is 367 g/mol. The molecule has 7 nitrogen and oxygen atoms in total. The SMILES string of the molecule is O=C(O)[C@@H]1CN(C(=O)c2ccc(=O)n(-c3ccccc3)n2)C[C@H]1C(F)(F)F. The van der Waals surface area contributed by atoms with Crippen molar-refractivity contribution in [1.82, 2.24) is 14.7 Å². The Bertz CT molecular complexity index is 927. The fourth-order valence-electron chi connectivity index (χ4n) is 2.99. The van der Waals surface area contributed by atoms with Crippen LogP contribution < -0.4 is 5.56 Å². The monoisotopic (exact) mass is 381 g/mol. The molecular formula is C17H14F3N3O4. The van der Waals surface area contributed by atoms with Crippen LogP contribution >= 0.6 is 0 Å². The second-order valence-electron chi connectivity index (χ2n) is 6.11. The molecule has 0 spiro atoms. The van der Waals surface area contributed by atoms with Gasteiger partial charge in [-0.05, 0) is 18.2 Å². The highest BCUT2D eigenvalue weighted by Gasteiger charge is 2.53. The molecule has 2 aromatic rings. The van der Waals surface area contributed by atoms with Gasteiger partial charge in [-0.3, -0.25) is 14.4 Å². The zero-order valence-corrected chi connectivity index (χ0v) is 13.8. The number of likely N-dealkylation sites (tertiary alicyclic amines) is 1. The number of halogens is 3. The second kappa shape index (κ2) is 6.86. The van der Waals surface area contributed by atoms with E-state index >= 15 is 0 Å². The van der Waals surface area contributed by atoms with E-state index in [1.54, 1.807) is 30.3 Å². The minimum absolute atomic E-state index is 0.245. The summed E-state index contributed by atoms with van der Waals surface area (Å²) >= 11 is 0. The normalized spacial score (nSPS) is 19.9. The first-order chi connectivity index (χ1) is 12.7. The van der Waals surface area contributed by atoms with Crippen molar-refractivity contribution in [2.45, 2.75) is 6.18 Å². The number of aliphatic carboxylic acids is 1. The van der Waals surface area contributed by atoms with Gasteiger partial charge in [0.15, 0.2) is 0 Å². The number of carboxylic acids is 1. The fourth-order valence-corrected chi connectivity index (χ4v) is 2.99. The Hall–Kier alpha value is -3.17. The molecule has 142 valence electrons. The van der Waals surface area contributed by atoms with Crippen LogP contribution in [0.2, 0.25) is 0 Å². The summed E-state index contributed by atoms with van der Waals surface area (Å²) in [7, 11) is 0. The van der Waals surface area contributed by atoms with Crippen LogP contribution in [0.15, 0.2) is 47.3 Å². The Morgan fingerprint density at radius 1 is 1.07 bits per heavy atom. The van der Waals surface area contributed by atoms with Crippen molar-refractivity contribution >= 4 is 11.9 Å². The van der Waals surface area contributed by atoms with Crippen molar-refractivity contribution in [3.05, 3.63) is 58.5 Å². The van der Waals surface area contributed by atoms with E-state index in [4.69, 9.17) is 5.11 Å². The van der Waals surface area contributed by atoms with Gasteiger partial charge >= 0.3 is 12.1 Å². The Labute approximate surface area is 150 Å². The largest absolute Gasteiger partial charge is 0.481 e. The van der Waals surface area contributed by atoms with E-state index in [9.17, 15) is 27.6 Å². The molecule has 0 unspecified atom stereocenters. The molecule has 2 atom stereocenters. The Balaban J connectivity index is 1.91. The fraction of sp³-hybridized carbons (Fsp3) is 0.294. The quantitative estimate of drug-likeness (QED) is 0.871. The first-order valence-corrected chi connectivity index (χ1v) is 7.93. The van der Waals surface area contributed by atoms with E-state index in [-0.39, 0.29) is 5.69 Å². The average Bonchev–Trinajstić information content (AvgIpc) is 3.08. The van der Waals surface area contributed by atoms with E-state index in [2.05, 4.69) is 5.10 Å². The van der Waals surface area contributed by atoms with Crippen LogP contribution in [0.5, 0.6) is 0 Å². The number of aromatic nitrogens is 2. The number of amides is 1. The van der Waals surface area contributed by atoms with Gasteiger partial charge in [0.25, 0.3) is 11.5 Å². The molecule has 0 aliphatic carbocycles. The topological polar surface area (TPSA) is 92.5 Å². The molecule has 1 aromatic heterocycles. The molecule has 1 fully saturated rings. The van der Waals surface area contributed by atoms with Crippen molar-refractivity contribution < 1.29 is 27.9 Å². The Kier molecular flexibility index (Phi) is 4.73. The van der Waals surface area contributed by atoms with Crippen molar-refractivity contribution in [3.8, 4) is 5.69 Å². The predicted octanol–water partition coefficient (Wildman–Crippen LogP) is 1.57. The van der Waals surface area contributed by atoms with Gasteiger partial charge in [0.05, 0.1) is 17.5 Å². The van der Waals surface area contributed by atoms with E-state index < -0.39 is 48.5 Å². The van der Waals surface area contributed by atoms with Gasteiger partial charge in [-0.15, -0.1) is 0 Å². The summed E-state index contributed by atoms with van der Waals surface area (Å²) in [5, 5.41) is 13.0. The molecule has 1 aliphatic heterocycles. The highest BCUT2D eigenvalue weighted by Crippen LogP contribution is 2.38. The number of carboxylic acid groups (broad SMARTS) is 1. The number of nitrogens with zero attached hydrogens (tertiary/aromatic N) is 3. The lowest BCUT2D eigenvalue weighted by atomic mass is 9.96. The van der Waals surface area contributed by atoms with Crippen molar-refractivity contribution in [2.75, 3.05) is 13.1 Å². The third-order valence-corrected chi connectivity index (χ3v) is 4.36. The molecule has 1 aromatic carbocycles. The summed E-state index contributed by atoms with van der Waals surface area (Å²) in [5.74, 6) is -6.37. The maximum atomic E-state index is 13.1. The maximum Gasteiger partial charge on any atom is 0.394 e. The first-order valence-electron chi connectivity index (χ1n) is 7.93. The van der Waals surface area contributed by atoms with Crippen LogP contribution in [0.25, 0.3) is 5.69 Å². The van der Waals surface area contributed by atoms with Crippen LogP contribution in [0, 0.1) is 11.8 Å². The van der Waals surface area contributed by atoms with Crippen LogP contribution in [0.1, 0.15) is 10.5 Å². The van der Waals surface area contributed by atoms with Gasteiger partial charge in [0.1, 0.15) is 5.69 Å². The van der Waals surface area contributed by atoms with Crippen molar-refractivity contribution in [2.24, 2.45) is 11.8 Å². The molecule has 1 N–H and O–H groups in total. The molecule has 10 heteroatoms. The summed E-state index contributed by atoms with van der Waals surface area (Å²) in [6.45, 7) is -1.35. The molecule has 0 radical (unpaired) electrons. The predicted molar refractivity (Wildman–Crippen MR) is 86.4 cm³/mol. The lowest BCUT2D eigenvalue weighted by Gasteiger charge is -2.18. The molecule has 3 rings (SSSR count). The summed E-state index contributed by atoms with van der Waals surface area (Å²) < 4.78 is 40.2. The summed E-state index contributed by atoms with van der Waals surface area (Å²) in [4.78, 5) is 36.5. The smallest absolute Gasteiger partial charge is 0.394 e. The summed E-state index contributed by atoms with van der Waals surface area (Å²) in [6.07, 6.45) is -4.74. The van der Waals surface area contributed by atoms with Gasteiger partial charge in [0.2, 0.25) is 0 Å². The number of carbonyl (C=O) groups is 2. The third kappa shape index (κ3) is 3.69. The molecule has 27 heavy (non-hydrogen) atoms. The molecule has 0 saturated carbocycles. The van der Waals surface area contributed by atoms with Gasteiger partial charge in [0, 0.05) is 19.2 Å². The number of para-hydroxylation sites is 1. The molecule has 2 heterocycles. The number of hydrogen-bond acceptors (Lipinski definition) is 4. The van der Waals surface area contributed by atoms with Crippen LogP contribution in [-0.2, 0) is 4.79 Å². The number of alkyl halides is 3. The lowest BCUT2D eigenvalue weighted by molar-refractivity contribution is -0.187. The maximum absolute atomic E-state index is 13.1. The highest BCUT2D eigenvalue weighted by atomic mass is 19.4. The van der Waals surface area contributed by atoms with Gasteiger partial charge in [-0.25, -0.2) is 0 Å². The molecule has 0 bridgehead atoms. The number of benzene rings is 1. The van der Waals surface area contributed by atoms with Gasteiger partial charge < -0.3 is 10.0 Å². The number of rotatable bonds is 3. The number of carbonyl (C=O) groups excluding carboxylic acids is 1. The average molecular weight is 381 g/mol. The zero-order valence-electron chi connectivity index (χ0n) is 13.8. The van der Waals surface area contributed by atoms with Crippen molar-refractivity contribution in [1.29, 1.82) is 0 Å². The number of hydrogen-bond donors (Lipinski definition) is 1. The van der Waals surface area contributed by atoms with Crippen LogP contribution in [-0.4, -0.2) is 50.9 Å². The van der Waals surface area contributed by atoms with Crippen LogP contribution in [0.4, 0.5) is 13.2 Å². The Morgan fingerprint density at radius 2 is 1.74 bits per heavy atom. The van der Waals surface area contributed by atoms with E-state index in [1.807, 2.05) is 0 Å². The zero-order chi connectivity index (χ0) is 19.8. The summed E-state index contributed by atoms with van der Waals surface area (Å²) in [6, 6.07) is 10.4. The molecule has 1 saturated heterocycles. The molecule has 1 amide bonds. The lowest BCUT2D eigenvalue weighted by Crippen LogP contribution is -2.34. The van der Waals surface area contributed by atoms with Crippen LogP contribution in [0.3, 0.4) is 0 Å². The minimum Gasteiger partial charge on any atom is -0.481 e. The van der Waals surface area contributed by atoms with Gasteiger partial charge in [-0.2, -0.15) is 23.0 Å². The summed E-state index contributed by atoms with van der Waals surface area (Å²) in [5.41, 5.74) is -0.378. The second-order valence-corrected chi connectivity index (χ2v) is 6.11. The minimum atomic E-state index is -4.74. The van der Waals surface area contributed by atoms with E-state index in [0.29, 0.717) is 5.69 Å². The van der Waals surface area contributed by atoms with E-state index in [1.165, 1.54) is 0 Å². The standard InChI is InChI=1S/C17H14F3N3O4/c18-17(19,20)12-9-22(8-11(12)16(26)27)15(25)13-6-7-14(24)23(21-13)10-4-2-1-3-5-10/h1-7,11-12H,8-9H2,(H,26,27)/t11-,12-/m1/s1.